The molecule has 0 spiro atoms. The van der Waals surface area contributed by atoms with Crippen LogP contribution < -0.4 is 5.73 Å². The molecular formula is C14H22N2O3S2. The topological polar surface area (TPSA) is 92.8 Å². The van der Waals surface area contributed by atoms with Crippen LogP contribution in [0.4, 0.5) is 0 Å². The summed E-state index contributed by atoms with van der Waals surface area (Å²) in [5.41, 5.74) is 5.93. The van der Waals surface area contributed by atoms with Crippen LogP contribution in [-0.2, 0) is 9.84 Å². The van der Waals surface area contributed by atoms with E-state index in [1.165, 1.54) is 24.3 Å². The molecule has 1 aromatic rings. The first-order valence-electron chi connectivity index (χ1n) is 6.70. The van der Waals surface area contributed by atoms with Crippen molar-refractivity contribution >= 4 is 27.4 Å². The van der Waals surface area contributed by atoms with Gasteiger partial charge in [0.25, 0.3) is 0 Å². The van der Waals surface area contributed by atoms with E-state index in [1.54, 1.807) is 11.8 Å². The molecule has 0 amide bonds. The molecule has 0 radical (unpaired) electrons. The molecule has 0 heterocycles. The van der Waals surface area contributed by atoms with E-state index < -0.39 is 9.84 Å². The monoisotopic (exact) mass is 330 g/mol. The Balaban J connectivity index is 2.71. The fourth-order valence-electron chi connectivity index (χ4n) is 1.54. The fourth-order valence-corrected chi connectivity index (χ4v) is 4.35. The largest absolute Gasteiger partial charge is 0.409 e. The Morgan fingerprint density at radius 2 is 1.86 bits per heavy atom. The minimum absolute atomic E-state index is 0.0414. The lowest BCUT2D eigenvalue weighted by Crippen LogP contribution is -2.15. The highest BCUT2D eigenvalue weighted by Gasteiger charge is 2.16. The summed E-state index contributed by atoms with van der Waals surface area (Å²) in [5.74, 6) is 1.17. The molecule has 1 atom stereocenters. The van der Waals surface area contributed by atoms with Crippen LogP contribution in [0.5, 0.6) is 0 Å². The van der Waals surface area contributed by atoms with Crippen molar-refractivity contribution in [3.63, 3.8) is 0 Å². The zero-order valence-electron chi connectivity index (χ0n) is 12.5. The second kappa shape index (κ2) is 7.70. The molecule has 0 saturated carbocycles. The van der Waals surface area contributed by atoms with Crippen molar-refractivity contribution in [1.82, 2.24) is 0 Å². The average Bonchev–Trinajstić information content (AvgIpc) is 2.46. The Kier molecular flexibility index (Phi) is 6.54. The van der Waals surface area contributed by atoms with Crippen LogP contribution in [0.1, 0.15) is 26.3 Å². The predicted octanol–water partition coefficient (Wildman–Crippen LogP) is 2.33. The van der Waals surface area contributed by atoms with Crippen molar-refractivity contribution in [3.05, 3.63) is 29.8 Å². The summed E-state index contributed by atoms with van der Waals surface area (Å²) < 4.78 is 24.4. The van der Waals surface area contributed by atoms with Crippen molar-refractivity contribution in [2.75, 3.05) is 11.5 Å². The van der Waals surface area contributed by atoms with Crippen molar-refractivity contribution in [1.29, 1.82) is 0 Å². The number of sulfone groups is 1. The van der Waals surface area contributed by atoms with Crippen LogP contribution >= 0.6 is 11.8 Å². The van der Waals surface area contributed by atoms with Crippen LogP contribution in [0.15, 0.2) is 34.3 Å². The molecule has 0 bridgehead atoms. The standard InChI is InChI=1S/C14H22N2O3S2/c1-10(2)11(3)20-8-9-21(18,19)13-6-4-12(5-7-13)14(15)16-17/h4-7,10-11,17H,8-9H2,1-3H3,(H2,15,16). The molecule has 5 nitrogen and oxygen atoms in total. The summed E-state index contributed by atoms with van der Waals surface area (Å²) in [4.78, 5) is 0.259. The first kappa shape index (κ1) is 17.8. The molecule has 7 heteroatoms. The lowest BCUT2D eigenvalue weighted by atomic mass is 10.2. The number of benzene rings is 1. The van der Waals surface area contributed by atoms with Gasteiger partial charge in [0.15, 0.2) is 15.7 Å². The van der Waals surface area contributed by atoms with E-state index in [0.717, 1.165) is 0 Å². The molecule has 0 aliphatic carbocycles. The van der Waals surface area contributed by atoms with Gasteiger partial charge in [-0.3, -0.25) is 0 Å². The van der Waals surface area contributed by atoms with E-state index in [1.807, 2.05) is 0 Å². The zero-order chi connectivity index (χ0) is 16.0. The SMILES string of the molecule is CC(C)C(C)SCCS(=O)(=O)c1ccc(/C(N)=N/O)cc1. The minimum Gasteiger partial charge on any atom is -0.409 e. The van der Waals surface area contributed by atoms with E-state index >= 15 is 0 Å². The molecule has 21 heavy (non-hydrogen) atoms. The van der Waals surface area contributed by atoms with Crippen LogP contribution in [0.25, 0.3) is 0 Å². The van der Waals surface area contributed by atoms with E-state index in [9.17, 15) is 8.42 Å². The first-order valence-corrected chi connectivity index (χ1v) is 9.40. The highest BCUT2D eigenvalue weighted by atomic mass is 32.2. The third-order valence-corrected chi connectivity index (χ3v) is 6.79. The molecule has 1 unspecified atom stereocenters. The van der Waals surface area contributed by atoms with E-state index in [4.69, 9.17) is 10.9 Å². The van der Waals surface area contributed by atoms with Crippen LogP contribution in [0, 0.1) is 5.92 Å². The second-order valence-corrected chi connectivity index (χ2v) is 8.74. The molecule has 118 valence electrons. The van der Waals surface area contributed by atoms with Gasteiger partial charge in [0, 0.05) is 16.6 Å². The summed E-state index contributed by atoms with van der Waals surface area (Å²) in [7, 11) is -3.29. The molecule has 1 aromatic carbocycles. The maximum atomic E-state index is 12.2. The van der Waals surface area contributed by atoms with Crippen LogP contribution in [-0.4, -0.2) is 36.2 Å². The van der Waals surface area contributed by atoms with Crippen molar-refractivity contribution in [2.24, 2.45) is 16.8 Å². The number of hydrogen-bond acceptors (Lipinski definition) is 5. The molecule has 1 rings (SSSR count). The van der Waals surface area contributed by atoms with Gasteiger partial charge in [-0.1, -0.05) is 25.9 Å². The van der Waals surface area contributed by atoms with Crippen molar-refractivity contribution in [3.8, 4) is 0 Å². The summed E-state index contributed by atoms with van der Waals surface area (Å²) in [6.45, 7) is 6.35. The quantitative estimate of drug-likeness (QED) is 0.346. The Morgan fingerprint density at radius 1 is 1.29 bits per heavy atom. The number of nitrogens with zero attached hydrogens (tertiary/aromatic N) is 1. The molecule has 0 aliphatic rings. The Hall–Kier alpha value is -1.21. The highest BCUT2D eigenvalue weighted by Crippen LogP contribution is 2.20. The molecule has 3 N–H and O–H groups in total. The summed E-state index contributed by atoms with van der Waals surface area (Å²) in [6.07, 6.45) is 0. The minimum atomic E-state index is -3.29. The molecule has 0 aromatic heterocycles. The number of amidine groups is 1. The molecule has 0 saturated heterocycles. The first-order chi connectivity index (χ1) is 9.77. The fraction of sp³-hybridized carbons (Fsp3) is 0.500. The number of rotatable bonds is 7. The number of thioether (sulfide) groups is 1. The van der Waals surface area contributed by atoms with Crippen LogP contribution in [0.2, 0.25) is 0 Å². The van der Waals surface area contributed by atoms with Gasteiger partial charge in [0.05, 0.1) is 10.6 Å². The van der Waals surface area contributed by atoms with E-state index in [-0.39, 0.29) is 16.5 Å². The van der Waals surface area contributed by atoms with Gasteiger partial charge in [0.1, 0.15) is 0 Å². The third kappa shape index (κ3) is 5.24. The predicted molar refractivity (Wildman–Crippen MR) is 87.8 cm³/mol. The molecule has 0 fully saturated rings. The van der Waals surface area contributed by atoms with E-state index in [2.05, 4.69) is 25.9 Å². The summed E-state index contributed by atoms with van der Waals surface area (Å²) in [6, 6.07) is 6.04. The van der Waals surface area contributed by atoms with Crippen molar-refractivity contribution in [2.45, 2.75) is 30.9 Å². The summed E-state index contributed by atoms with van der Waals surface area (Å²) >= 11 is 1.67. The number of oxime groups is 1. The van der Waals surface area contributed by atoms with Gasteiger partial charge in [-0.25, -0.2) is 8.42 Å². The normalized spacial score (nSPS) is 14.4. The lowest BCUT2D eigenvalue weighted by Gasteiger charge is -2.14. The van der Waals surface area contributed by atoms with Gasteiger partial charge in [-0.2, -0.15) is 11.8 Å². The van der Waals surface area contributed by atoms with Gasteiger partial charge in [-0.15, -0.1) is 0 Å². The lowest BCUT2D eigenvalue weighted by molar-refractivity contribution is 0.318. The average molecular weight is 330 g/mol. The smallest absolute Gasteiger partial charge is 0.179 e. The summed E-state index contributed by atoms with van der Waals surface area (Å²) in [5, 5.41) is 11.9. The van der Waals surface area contributed by atoms with Gasteiger partial charge < -0.3 is 10.9 Å². The third-order valence-electron chi connectivity index (χ3n) is 3.29. The van der Waals surface area contributed by atoms with Gasteiger partial charge in [-0.05, 0) is 30.2 Å². The Morgan fingerprint density at radius 3 is 2.33 bits per heavy atom. The second-order valence-electron chi connectivity index (χ2n) is 5.15. The molecular weight excluding hydrogens is 308 g/mol. The Bertz CT molecular complexity index is 581. The maximum Gasteiger partial charge on any atom is 0.179 e. The highest BCUT2D eigenvalue weighted by molar-refractivity contribution is 8.01. The Labute approximate surface area is 130 Å². The van der Waals surface area contributed by atoms with Gasteiger partial charge in [0.2, 0.25) is 0 Å². The number of hydrogen-bond donors (Lipinski definition) is 2. The number of nitrogens with two attached hydrogens (primary N) is 1. The van der Waals surface area contributed by atoms with E-state index in [0.29, 0.717) is 22.5 Å². The maximum absolute atomic E-state index is 12.2. The zero-order valence-corrected chi connectivity index (χ0v) is 14.1. The molecule has 0 aliphatic heterocycles. The van der Waals surface area contributed by atoms with Gasteiger partial charge >= 0.3 is 0 Å². The van der Waals surface area contributed by atoms with Crippen LogP contribution in [0.3, 0.4) is 0 Å². The van der Waals surface area contributed by atoms with Crippen molar-refractivity contribution < 1.29 is 13.6 Å².